The number of imide groups is 1. The topological polar surface area (TPSA) is 119 Å². The summed E-state index contributed by atoms with van der Waals surface area (Å²) in [5.74, 6) is -2.26. The van der Waals surface area contributed by atoms with Gasteiger partial charge in [0.05, 0.1) is 23.6 Å². The van der Waals surface area contributed by atoms with Gasteiger partial charge in [-0.25, -0.2) is 4.79 Å². The summed E-state index contributed by atoms with van der Waals surface area (Å²) in [5.41, 5.74) is 0.422. The van der Waals surface area contributed by atoms with Crippen molar-refractivity contribution in [1.29, 1.82) is 0 Å². The van der Waals surface area contributed by atoms with E-state index >= 15 is 0 Å². The van der Waals surface area contributed by atoms with Gasteiger partial charge in [-0.1, -0.05) is 11.6 Å². The maximum atomic E-state index is 12.2. The molecule has 9 nitrogen and oxygen atoms in total. The third-order valence-corrected chi connectivity index (χ3v) is 4.54. The predicted molar refractivity (Wildman–Crippen MR) is 100 cm³/mol. The molecule has 1 aliphatic heterocycles. The molecule has 0 bridgehead atoms. The molecule has 11 heteroatoms. The van der Waals surface area contributed by atoms with E-state index in [0.29, 0.717) is 22.2 Å². The lowest BCUT2D eigenvalue weighted by Gasteiger charge is -2.13. The van der Waals surface area contributed by atoms with E-state index in [1.807, 2.05) is 0 Å². The number of thioether (sulfide) groups is 1. The monoisotopic (exact) mass is 429 g/mol. The van der Waals surface area contributed by atoms with Crippen molar-refractivity contribution >= 4 is 52.5 Å². The van der Waals surface area contributed by atoms with E-state index in [1.54, 1.807) is 6.92 Å². The molecule has 0 spiro atoms. The van der Waals surface area contributed by atoms with Crippen LogP contribution in [0.25, 0.3) is 6.08 Å². The molecule has 0 aromatic heterocycles. The lowest BCUT2D eigenvalue weighted by Crippen LogP contribution is -2.33. The van der Waals surface area contributed by atoms with Crippen molar-refractivity contribution in [3.05, 3.63) is 27.6 Å². The van der Waals surface area contributed by atoms with Crippen LogP contribution in [0.2, 0.25) is 5.02 Å². The van der Waals surface area contributed by atoms with Crippen LogP contribution < -0.4 is 9.47 Å². The quantitative estimate of drug-likeness (QED) is 0.490. The van der Waals surface area contributed by atoms with Gasteiger partial charge in [-0.05, 0) is 42.5 Å². The van der Waals surface area contributed by atoms with Crippen molar-refractivity contribution in [3.8, 4) is 11.5 Å². The number of rotatable bonds is 8. The van der Waals surface area contributed by atoms with E-state index < -0.39 is 29.6 Å². The third-order valence-electron chi connectivity index (χ3n) is 3.36. The zero-order valence-electron chi connectivity index (χ0n) is 14.9. The maximum absolute atomic E-state index is 12.2. The second-order valence-corrected chi connectivity index (χ2v) is 6.69. The number of hydrogen-bond acceptors (Lipinski definition) is 8. The van der Waals surface area contributed by atoms with E-state index in [9.17, 15) is 19.2 Å². The first-order valence-electron chi connectivity index (χ1n) is 7.90. The third kappa shape index (κ3) is 5.17. The summed E-state index contributed by atoms with van der Waals surface area (Å²) >= 11 is 6.81. The number of methoxy groups -OCH3 is 1. The average molecular weight is 430 g/mol. The SMILES string of the molecule is CCOC(=O)COc1c(Cl)cc(/C=C2/SC(=O)N(CC(=O)O)C2=O)cc1OC. The Bertz CT molecular complexity index is 854. The summed E-state index contributed by atoms with van der Waals surface area (Å²) in [7, 11) is 1.37. The van der Waals surface area contributed by atoms with E-state index in [-0.39, 0.29) is 34.6 Å². The van der Waals surface area contributed by atoms with Crippen LogP contribution in [0.5, 0.6) is 11.5 Å². The number of aliphatic carboxylic acids is 1. The Morgan fingerprint density at radius 1 is 1.32 bits per heavy atom. The lowest BCUT2D eigenvalue weighted by molar-refractivity contribution is -0.145. The molecule has 0 saturated carbocycles. The minimum absolute atomic E-state index is 0.0459. The summed E-state index contributed by atoms with van der Waals surface area (Å²) in [5, 5.41) is 8.22. The molecular weight excluding hydrogens is 414 g/mol. The Kier molecular flexibility index (Phi) is 7.30. The van der Waals surface area contributed by atoms with Crippen molar-refractivity contribution in [3.63, 3.8) is 0 Å². The largest absolute Gasteiger partial charge is 0.493 e. The summed E-state index contributed by atoms with van der Waals surface area (Å²) in [6.45, 7) is 0.797. The number of ether oxygens (including phenoxy) is 3. The summed E-state index contributed by atoms with van der Waals surface area (Å²) in [6.07, 6.45) is 1.39. The standard InChI is InChI=1S/C17H16ClNO8S/c1-3-26-14(22)8-27-15-10(18)4-9(5-11(15)25-2)6-12-16(23)19(7-13(20)21)17(24)28-12/h4-6H,3,7-8H2,1-2H3,(H,20,21)/b12-6+. The van der Waals surface area contributed by atoms with Gasteiger partial charge in [0.25, 0.3) is 11.1 Å². The molecule has 2 rings (SSSR count). The number of amides is 2. The molecule has 1 aliphatic rings. The average Bonchev–Trinajstić information content (AvgIpc) is 2.87. The van der Waals surface area contributed by atoms with Crippen molar-refractivity contribution in [2.45, 2.75) is 6.92 Å². The van der Waals surface area contributed by atoms with Crippen LogP contribution >= 0.6 is 23.4 Å². The Balaban J connectivity index is 2.25. The summed E-state index contributed by atoms with van der Waals surface area (Å²) in [4.78, 5) is 46.9. The first kappa shape index (κ1) is 21.6. The lowest BCUT2D eigenvalue weighted by atomic mass is 10.1. The first-order chi connectivity index (χ1) is 13.3. The second-order valence-electron chi connectivity index (χ2n) is 5.29. The fraction of sp³-hybridized carbons (Fsp3) is 0.294. The van der Waals surface area contributed by atoms with Crippen LogP contribution in [-0.4, -0.2) is 60.0 Å². The number of carboxylic acids is 1. The van der Waals surface area contributed by atoms with Crippen LogP contribution in [0.15, 0.2) is 17.0 Å². The Morgan fingerprint density at radius 3 is 2.64 bits per heavy atom. The van der Waals surface area contributed by atoms with Crippen molar-refractivity contribution in [1.82, 2.24) is 4.90 Å². The fourth-order valence-corrected chi connectivity index (χ4v) is 3.33. The van der Waals surface area contributed by atoms with Crippen LogP contribution in [0.3, 0.4) is 0 Å². The van der Waals surface area contributed by atoms with Crippen LogP contribution in [0.4, 0.5) is 4.79 Å². The molecular formula is C17H16ClNO8S. The van der Waals surface area contributed by atoms with Gasteiger partial charge in [-0.2, -0.15) is 0 Å². The normalized spacial score (nSPS) is 15.1. The summed E-state index contributed by atoms with van der Waals surface area (Å²) < 4.78 is 15.3. The number of hydrogen-bond donors (Lipinski definition) is 1. The van der Waals surface area contributed by atoms with Gasteiger partial charge in [0, 0.05) is 0 Å². The van der Waals surface area contributed by atoms with Crippen LogP contribution in [0, 0.1) is 0 Å². The van der Waals surface area contributed by atoms with E-state index in [4.69, 9.17) is 30.9 Å². The van der Waals surface area contributed by atoms with E-state index in [0.717, 1.165) is 0 Å². The molecule has 150 valence electrons. The smallest absolute Gasteiger partial charge is 0.344 e. The van der Waals surface area contributed by atoms with Gasteiger partial charge in [-0.3, -0.25) is 19.3 Å². The van der Waals surface area contributed by atoms with Gasteiger partial charge in [0.1, 0.15) is 6.54 Å². The molecule has 0 radical (unpaired) electrons. The fourth-order valence-electron chi connectivity index (χ4n) is 2.22. The number of benzene rings is 1. The molecule has 0 unspecified atom stereocenters. The molecule has 1 heterocycles. The van der Waals surface area contributed by atoms with Crippen LogP contribution in [-0.2, 0) is 19.1 Å². The first-order valence-corrected chi connectivity index (χ1v) is 9.09. The number of esters is 1. The van der Waals surface area contributed by atoms with Crippen molar-refractivity contribution in [2.24, 2.45) is 0 Å². The highest BCUT2D eigenvalue weighted by Gasteiger charge is 2.36. The Hall–Kier alpha value is -2.72. The molecule has 2 amide bonds. The number of nitrogens with zero attached hydrogens (tertiary/aromatic N) is 1. The molecule has 1 aromatic rings. The maximum Gasteiger partial charge on any atom is 0.344 e. The van der Waals surface area contributed by atoms with E-state index in [1.165, 1.54) is 25.3 Å². The number of carboxylic acid groups (broad SMARTS) is 1. The van der Waals surface area contributed by atoms with Gasteiger partial charge >= 0.3 is 11.9 Å². The number of carbonyl (C=O) groups excluding carboxylic acids is 3. The zero-order chi connectivity index (χ0) is 20.8. The minimum Gasteiger partial charge on any atom is -0.493 e. The van der Waals surface area contributed by atoms with Gasteiger partial charge in [0.2, 0.25) is 0 Å². The Labute approximate surface area is 169 Å². The van der Waals surface area contributed by atoms with Gasteiger partial charge in [0.15, 0.2) is 18.1 Å². The highest BCUT2D eigenvalue weighted by atomic mass is 35.5. The molecule has 1 fully saturated rings. The molecule has 0 atom stereocenters. The zero-order valence-corrected chi connectivity index (χ0v) is 16.5. The molecule has 28 heavy (non-hydrogen) atoms. The highest BCUT2D eigenvalue weighted by Crippen LogP contribution is 2.38. The van der Waals surface area contributed by atoms with E-state index in [2.05, 4.69) is 0 Å². The minimum atomic E-state index is -1.30. The number of carbonyl (C=O) groups is 4. The Morgan fingerprint density at radius 2 is 2.04 bits per heavy atom. The summed E-state index contributed by atoms with van der Waals surface area (Å²) in [6, 6.07) is 2.95. The predicted octanol–water partition coefficient (Wildman–Crippen LogP) is 2.41. The molecule has 1 aromatic carbocycles. The molecule has 1 N–H and O–H groups in total. The van der Waals surface area contributed by atoms with Gasteiger partial charge in [-0.15, -0.1) is 0 Å². The van der Waals surface area contributed by atoms with Gasteiger partial charge < -0.3 is 19.3 Å². The second kappa shape index (κ2) is 9.47. The van der Waals surface area contributed by atoms with Crippen molar-refractivity contribution in [2.75, 3.05) is 26.9 Å². The number of halogens is 1. The van der Waals surface area contributed by atoms with Crippen LogP contribution in [0.1, 0.15) is 12.5 Å². The van der Waals surface area contributed by atoms with Crippen molar-refractivity contribution < 1.29 is 38.5 Å². The molecule has 1 saturated heterocycles. The molecule has 0 aliphatic carbocycles. The highest BCUT2D eigenvalue weighted by molar-refractivity contribution is 8.18.